The predicted octanol–water partition coefficient (Wildman–Crippen LogP) is 1.59. The Labute approximate surface area is 143 Å². The number of rotatable bonds is 5. The number of carbonyl (C=O) groups is 1. The van der Waals surface area contributed by atoms with Gasteiger partial charge in [-0.05, 0) is 38.1 Å². The second kappa shape index (κ2) is 6.84. The summed E-state index contributed by atoms with van der Waals surface area (Å²) < 4.78 is 15.8. The van der Waals surface area contributed by atoms with Crippen LogP contribution in [0.1, 0.15) is 13.8 Å². The molecule has 1 aromatic carbocycles. The molecule has 7 nitrogen and oxygen atoms in total. The largest absolute Gasteiger partial charge is 0.342 e. The molecule has 1 amide bonds. The molecule has 0 saturated carbocycles. The van der Waals surface area contributed by atoms with Crippen molar-refractivity contribution < 1.29 is 9.18 Å². The summed E-state index contributed by atoms with van der Waals surface area (Å²) in [6.07, 6.45) is 2.75. The lowest BCUT2D eigenvalue weighted by atomic mass is 10.3. The van der Waals surface area contributed by atoms with Crippen LogP contribution < -0.4 is 5.56 Å². The predicted molar refractivity (Wildman–Crippen MR) is 91.0 cm³/mol. The van der Waals surface area contributed by atoms with Crippen molar-refractivity contribution in [3.05, 3.63) is 53.0 Å². The molecule has 0 N–H and O–H groups in total. The van der Waals surface area contributed by atoms with Crippen molar-refractivity contribution in [2.24, 2.45) is 0 Å². The van der Waals surface area contributed by atoms with Gasteiger partial charge in [-0.1, -0.05) is 0 Å². The highest BCUT2D eigenvalue weighted by Crippen LogP contribution is 2.14. The third-order valence-electron chi connectivity index (χ3n) is 4.05. The number of hydrogen-bond acceptors (Lipinski definition) is 4. The van der Waals surface area contributed by atoms with Crippen molar-refractivity contribution >= 4 is 16.9 Å². The average Bonchev–Trinajstić information content (AvgIpc) is 3.04. The first-order valence-corrected chi connectivity index (χ1v) is 8.02. The summed E-state index contributed by atoms with van der Waals surface area (Å²) in [6, 6.07) is 5.73. The Balaban J connectivity index is 1.98. The molecule has 0 atom stereocenters. The number of halogens is 1. The summed E-state index contributed by atoms with van der Waals surface area (Å²) in [4.78, 5) is 30.7. The Kier molecular flexibility index (Phi) is 4.60. The molecule has 0 aliphatic heterocycles. The molecule has 0 bridgehead atoms. The van der Waals surface area contributed by atoms with Crippen molar-refractivity contribution in [2.75, 3.05) is 13.1 Å². The second-order valence-corrected chi connectivity index (χ2v) is 5.51. The molecule has 130 valence electrons. The molecule has 8 heteroatoms. The van der Waals surface area contributed by atoms with Gasteiger partial charge in [-0.2, -0.15) is 5.10 Å². The van der Waals surface area contributed by atoms with Gasteiger partial charge < -0.3 is 4.90 Å². The van der Waals surface area contributed by atoms with Crippen molar-refractivity contribution in [1.82, 2.24) is 24.2 Å². The van der Waals surface area contributed by atoms with Gasteiger partial charge in [0.2, 0.25) is 5.91 Å². The lowest BCUT2D eigenvalue weighted by molar-refractivity contribution is -0.131. The first kappa shape index (κ1) is 16.8. The molecule has 0 spiro atoms. The van der Waals surface area contributed by atoms with Crippen LogP contribution in [0.5, 0.6) is 0 Å². The van der Waals surface area contributed by atoms with E-state index >= 15 is 0 Å². The summed E-state index contributed by atoms with van der Waals surface area (Å²) in [5, 5.41) is 4.47. The molecule has 0 unspecified atom stereocenters. The normalized spacial score (nSPS) is 11.0. The van der Waals surface area contributed by atoms with Crippen molar-refractivity contribution in [1.29, 1.82) is 0 Å². The maximum Gasteiger partial charge on any atom is 0.264 e. The molecule has 2 aromatic heterocycles. The maximum atomic E-state index is 13.1. The minimum atomic E-state index is -0.356. The van der Waals surface area contributed by atoms with Crippen LogP contribution in [0.15, 0.2) is 41.6 Å². The van der Waals surface area contributed by atoms with E-state index in [1.807, 2.05) is 13.8 Å². The summed E-state index contributed by atoms with van der Waals surface area (Å²) in [7, 11) is 0. The zero-order valence-electron chi connectivity index (χ0n) is 14.0. The first-order valence-electron chi connectivity index (χ1n) is 8.02. The van der Waals surface area contributed by atoms with E-state index < -0.39 is 0 Å². The molecule has 3 rings (SSSR count). The number of carbonyl (C=O) groups excluding carboxylic acids is 1. The molecule has 0 saturated heterocycles. The van der Waals surface area contributed by atoms with Crippen LogP contribution in [-0.4, -0.2) is 43.2 Å². The van der Waals surface area contributed by atoms with Gasteiger partial charge in [0.1, 0.15) is 24.1 Å². The highest BCUT2D eigenvalue weighted by molar-refractivity contribution is 5.78. The highest BCUT2D eigenvalue weighted by atomic mass is 19.1. The van der Waals surface area contributed by atoms with E-state index in [9.17, 15) is 14.0 Å². The molecule has 0 radical (unpaired) electrons. The van der Waals surface area contributed by atoms with Crippen LogP contribution in [0, 0.1) is 5.82 Å². The van der Waals surface area contributed by atoms with Crippen molar-refractivity contribution in [3.63, 3.8) is 0 Å². The zero-order valence-corrected chi connectivity index (χ0v) is 14.0. The van der Waals surface area contributed by atoms with Crippen LogP contribution in [0.2, 0.25) is 0 Å². The molecular weight excluding hydrogens is 325 g/mol. The van der Waals surface area contributed by atoms with Crippen LogP contribution >= 0.6 is 0 Å². The Morgan fingerprint density at radius 1 is 1.20 bits per heavy atom. The molecule has 0 fully saturated rings. The standard InChI is InChI=1S/C17H18FN5O2/c1-3-21(4-2)15(24)10-22-11-19-16-14(17(22)25)9-20-23(16)13-7-5-12(18)6-8-13/h5-9,11H,3-4,10H2,1-2H3. The third kappa shape index (κ3) is 3.15. The summed E-state index contributed by atoms with van der Waals surface area (Å²) in [6.45, 7) is 4.88. The number of aromatic nitrogens is 4. The SMILES string of the molecule is CCN(CC)C(=O)Cn1cnc2c(cnn2-c2ccc(F)cc2)c1=O. The van der Waals surface area contributed by atoms with Crippen LogP contribution in [-0.2, 0) is 11.3 Å². The average molecular weight is 343 g/mol. The minimum absolute atomic E-state index is 0.0643. The number of benzene rings is 1. The third-order valence-corrected chi connectivity index (χ3v) is 4.05. The molecule has 0 aliphatic rings. The summed E-state index contributed by atoms with van der Waals surface area (Å²) in [5.41, 5.74) is 0.627. The van der Waals surface area contributed by atoms with Crippen molar-refractivity contribution in [3.8, 4) is 5.69 Å². The van der Waals surface area contributed by atoms with Crippen LogP contribution in [0.25, 0.3) is 16.7 Å². The molecule has 2 heterocycles. The van der Waals surface area contributed by atoms with E-state index in [2.05, 4.69) is 10.1 Å². The van der Waals surface area contributed by atoms with Gasteiger partial charge in [0.25, 0.3) is 5.56 Å². The van der Waals surface area contributed by atoms with E-state index in [1.165, 1.54) is 33.9 Å². The lowest BCUT2D eigenvalue weighted by Gasteiger charge is -2.18. The number of fused-ring (bicyclic) bond motifs is 1. The Morgan fingerprint density at radius 3 is 2.52 bits per heavy atom. The van der Waals surface area contributed by atoms with Gasteiger partial charge in [-0.3, -0.25) is 14.2 Å². The molecule has 3 aromatic rings. The highest BCUT2D eigenvalue weighted by Gasteiger charge is 2.15. The van der Waals surface area contributed by atoms with E-state index in [-0.39, 0.29) is 23.8 Å². The minimum Gasteiger partial charge on any atom is -0.342 e. The van der Waals surface area contributed by atoms with Crippen LogP contribution in [0.4, 0.5) is 4.39 Å². The lowest BCUT2D eigenvalue weighted by Crippen LogP contribution is -2.36. The number of amides is 1. The fourth-order valence-electron chi connectivity index (χ4n) is 2.65. The van der Waals surface area contributed by atoms with Gasteiger partial charge in [0.05, 0.1) is 11.9 Å². The van der Waals surface area contributed by atoms with E-state index in [4.69, 9.17) is 0 Å². The zero-order chi connectivity index (χ0) is 18.0. The summed E-state index contributed by atoms with van der Waals surface area (Å²) >= 11 is 0. The Bertz CT molecular complexity index is 957. The van der Waals surface area contributed by atoms with E-state index in [0.29, 0.717) is 29.8 Å². The Morgan fingerprint density at radius 2 is 1.88 bits per heavy atom. The van der Waals surface area contributed by atoms with E-state index in [1.54, 1.807) is 17.0 Å². The fraction of sp³-hybridized carbons (Fsp3) is 0.294. The maximum absolute atomic E-state index is 13.1. The summed E-state index contributed by atoms with van der Waals surface area (Å²) in [5.74, 6) is -0.496. The number of nitrogens with zero attached hydrogens (tertiary/aromatic N) is 5. The molecular formula is C17H18FN5O2. The quantitative estimate of drug-likeness (QED) is 0.705. The van der Waals surface area contributed by atoms with Crippen LogP contribution in [0.3, 0.4) is 0 Å². The smallest absolute Gasteiger partial charge is 0.264 e. The van der Waals surface area contributed by atoms with Gasteiger partial charge in [0.15, 0.2) is 5.65 Å². The number of likely N-dealkylation sites (N-methyl/N-ethyl adjacent to an activating group) is 1. The number of hydrogen-bond donors (Lipinski definition) is 0. The Hall–Kier alpha value is -3.03. The van der Waals surface area contributed by atoms with Gasteiger partial charge in [-0.15, -0.1) is 0 Å². The second-order valence-electron chi connectivity index (χ2n) is 5.51. The monoisotopic (exact) mass is 343 g/mol. The topological polar surface area (TPSA) is 73.0 Å². The van der Waals surface area contributed by atoms with Gasteiger partial charge in [0, 0.05) is 13.1 Å². The van der Waals surface area contributed by atoms with Gasteiger partial charge >= 0.3 is 0 Å². The molecule has 0 aliphatic carbocycles. The van der Waals surface area contributed by atoms with E-state index in [0.717, 1.165) is 0 Å². The van der Waals surface area contributed by atoms with Crippen molar-refractivity contribution in [2.45, 2.75) is 20.4 Å². The molecule has 25 heavy (non-hydrogen) atoms. The van der Waals surface area contributed by atoms with Gasteiger partial charge in [-0.25, -0.2) is 14.1 Å². The fourth-order valence-corrected chi connectivity index (χ4v) is 2.65. The first-order chi connectivity index (χ1) is 12.0.